The zero-order valence-corrected chi connectivity index (χ0v) is 8.65. The second-order valence-electron chi connectivity index (χ2n) is 2.52. The Bertz CT molecular complexity index is 231. The third kappa shape index (κ3) is 2.66. The molecule has 58 valence electrons. The summed E-state index contributed by atoms with van der Waals surface area (Å²) in [7, 11) is 0. The summed E-state index contributed by atoms with van der Waals surface area (Å²) in [6.07, 6.45) is 12.7. The molecule has 0 fully saturated rings. The Balaban J connectivity index is 2.51. The molecule has 0 aromatic heterocycles. The molecule has 1 unspecified atom stereocenters. The number of hydrogen-bond acceptors (Lipinski definition) is 0. The van der Waals surface area contributed by atoms with Gasteiger partial charge in [0.15, 0.2) is 0 Å². The largest absolute Gasteiger partial charge is 0.0773 e. The van der Waals surface area contributed by atoms with E-state index >= 15 is 0 Å². The van der Waals surface area contributed by atoms with E-state index in [4.69, 9.17) is 0 Å². The van der Waals surface area contributed by atoms with Crippen LogP contribution in [0.3, 0.4) is 0 Å². The minimum Gasteiger partial charge on any atom is -0.0773 e. The van der Waals surface area contributed by atoms with Crippen molar-refractivity contribution in [3.05, 3.63) is 46.1 Å². The van der Waals surface area contributed by atoms with Crippen molar-refractivity contribution in [2.24, 2.45) is 5.92 Å². The summed E-state index contributed by atoms with van der Waals surface area (Å²) in [6.45, 7) is 2.20. The fourth-order valence-corrected chi connectivity index (χ4v) is 1.25. The standard InChI is InChI=1S/C10H11I/c1-9-5-4-7-10(9)6-2-3-8-11/h2-9H,1H3/b6-2?,8-3-. The van der Waals surface area contributed by atoms with Gasteiger partial charge in [-0.1, -0.05) is 66.0 Å². The van der Waals surface area contributed by atoms with Crippen molar-refractivity contribution in [1.29, 1.82) is 0 Å². The summed E-state index contributed by atoms with van der Waals surface area (Å²) >= 11 is 2.21. The van der Waals surface area contributed by atoms with Gasteiger partial charge in [-0.15, -0.1) is 0 Å². The number of rotatable bonds is 2. The van der Waals surface area contributed by atoms with Gasteiger partial charge in [0.1, 0.15) is 0 Å². The normalized spacial score (nSPS) is 23.8. The molecule has 0 saturated heterocycles. The van der Waals surface area contributed by atoms with E-state index in [9.17, 15) is 0 Å². The van der Waals surface area contributed by atoms with Gasteiger partial charge in [-0.05, 0) is 15.6 Å². The van der Waals surface area contributed by atoms with Crippen molar-refractivity contribution in [2.75, 3.05) is 0 Å². The molecule has 1 atom stereocenters. The molecule has 0 bridgehead atoms. The van der Waals surface area contributed by atoms with Crippen molar-refractivity contribution < 1.29 is 0 Å². The second kappa shape index (κ2) is 4.54. The Hall–Kier alpha value is -0.310. The first-order valence-electron chi connectivity index (χ1n) is 3.66. The van der Waals surface area contributed by atoms with E-state index in [1.54, 1.807) is 0 Å². The molecule has 0 spiro atoms. The van der Waals surface area contributed by atoms with Crippen LogP contribution in [0.1, 0.15) is 6.92 Å². The van der Waals surface area contributed by atoms with Crippen LogP contribution < -0.4 is 0 Å². The van der Waals surface area contributed by atoms with Gasteiger partial charge in [-0.2, -0.15) is 0 Å². The van der Waals surface area contributed by atoms with Gasteiger partial charge in [-0.25, -0.2) is 0 Å². The Morgan fingerprint density at radius 2 is 2.27 bits per heavy atom. The summed E-state index contributed by atoms with van der Waals surface area (Å²) in [6, 6.07) is 0. The van der Waals surface area contributed by atoms with E-state index in [1.165, 1.54) is 5.57 Å². The van der Waals surface area contributed by atoms with Crippen molar-refractivity contribution in [3.8, 4) is 0 Å². The molecule has 0 aliphatic heterocycles. The van der Waals surface area contributed by atoms with Gasteiger partial charge in [0.25, 0.3) is 0 Å². The van der Waals surface area contributed by atoms with Gasteiger partial charge in [0.2, 0.25) is 0 Å². The van der Waals surface area contributed by atoms with Crippen LogP contribution in [0.15, 0.2) is 46.1 Å². The fraction of sp³-hybridized carbons (Fsp3) is 0.200. The third-order valence-electron chi connectivity index (χ3n) is 1.69. The molecule has 0 heterocycles. The lowest BCUT2D eigenvalue weighted by Gasteiger charge is -1.99. The second-order valence-corrected chi connectivity index (χ2v) is 3.24. The van der Waals surface area contributed by atoms with Crippen molar-refractivity contribution in [1.82, 2.24) is 0 Å². The van der Waals surface area contributed by atoms with Crippen molar-refractivity contribution in [3.63, 3.8) is 0 Å². The van der Waals surface area contributed by atoms with Gasteiger partial charge in [0.05, 0.1) is 0 Å². The van der Waals surface area contributed by atoms with Gasteiger partial charge in [-0.3, -0.25) is 0 Å². The van der Waals surface area contributed by atoms with Gasteiger partial charge >= 0.3 is 0 Å². The van der Waals surface area contributed by atoms with E-state index in [2.05, 4.69) is 59.9 Å². The molecular formula is C10H11I. The molecule has 0 N–H and O–H groups in total. The highest BCUT2D eigenvalue weighted by Gasteiger charge is 2.03. The van der Waals surface area contributed by atoms with E-state index in [1.807, 2.05) is 10.2 Å². The van der Waals surface area contributed by atoms with Crippen LogP contribution in [0.25, 0.3) is 0 Å². The molecule has 0 amide bonds. The molecule has 1 rings (SSSR count). The van der Waals surface area contributed by atoms with E-state index < -0.39 is 0 Å². The lowest BCUT2D eigenvalue weighted by atomic mass is 10.1. The zero-order valence-electron chi connectivity index (χ0n) is 6.50. The van der Waals surface area contributed by atoms with E-state index in [0.29, 0.717) is 5.92 Å². The van der Waals surface area contributed by atoms with Crippen LogP contribution in [0.4, 0.5) is 0 Å². The smallest absolute Gasteiger partial charge is 0.000732 e. The average molecular weight is 258 g/mol. The lowest BCUT2D eigenvalue weighted by molar-refractivity contribution is 0.910. The molecule has 11 heavy (non-hydrogen) atoms. The number of halogens is 1. The third-order valence-corrected chi connectivity index (χ3v) is 2.10. The van der Waals surface area contributed by atoms with Crippen molar-refractivity contribution >= 4 is 22.6 Å². The average Bonchev–Trinajstić information content (AvgIpc) is 2.37. The Kier molecular flexibility index (Phi) is 3.63. The number of hydrogen-bond donors (Lipinski definition) is 0. The highest BCUT2D eigenvalue weighted by molar-refractivity contribution is 14.1. The number of allylic oxidation sites excluding steroid dienone is 7. The summed E-state index contributed by atoms with van der Waals surface area (Å²) in [5, 5.41) is 0. The minimum atomic E-state index is 0.592. The van der Waals surface area contributed by atoms with E-state index in [-0.39, 0.29) is 0 Å². The summed E-state index contributed by atoms with van der Waals surface area (Å²) in [5.74, 6) is 0.592. The van der Waals surface area contributed by atoms with E-state index in [0.717, 1.165) is 0 Å². The quantitative estimate of drug-likeness (QED) is 0.524. The van der Waals surface area contributed by atoms with Crippen LogP contribution in [-0.2, 0) is 0 Å². The first-order valence-corrected chi connectivity index (χ1v) is 4.91. The molecule has 1 aliphatic rings. The van der Waals surface area contributed by atoms with Crippen molar-refractivity contribution in [2.45, 2.75) is 6.92 Å². The Morgan fingerprint density at radius 1 is 1.45 bits per heavy atom. The maximum absolute atomic E-state index is 2.21. The lowest BCUT2D eigenvalue weighted by Crippen LogP contribution is -1.86. The molecule has 1 heteroatoms. The summed E-state index contributed by atoms with van der Waals surface area (Å²) < 4.78 is 2.00. The monoisotopic (exact) mass is 258 g/mol. The van der Waals surface area contributed by atoms with Crippen LogP contribution >= 0.6 is 22.6 Å². The molecule has 0 aromatic carbocycles. The highest BCUT2D eigenvalue weighted by atomic mass is 127. The van der Waals surface area contributed by atoms with Crippen LogP contribution in [-0.4, -0.2) is 0 Å². The maximum atomic E-state index is 2.21. The van der Waals surface area contributed by atoms with Crippen LogP contribution in [0.5, 0.6) is 0 Å². The molecule has 0 saturated carbocycles. The summed E-state index contributed by atoms with van der Waals surface area (Å²) in [5.41, 5.74) is 1.39. The first-order chi connectivity index (χ1) is 5.34. The zero-order chi connectivity index (χ0) is 8.10. The molecule has 0 nitrogen and oxygen atoms in total. The Morgan fingerprint density at radius 3 is 2.82 bits per heavy atom. The van der Waals surface area contributed by atoms with Gasteiger partial charge in [0, 0.05) is 0 Å². The topological polar surface area (TPSA) is 0 Å². The van der Waals surface area contributed by atoms with Gasteiger partial charge < -0.3 is 0 Å². The predicted octanol–water partition coefficient (Wildman–Crippen LogP) is 3.62. The Labute approximate surface area is 81.5 Å². The predicted molar refractivity (Wildman–Crippen MR) is 58.7 cm³/mol. The molecule has 1 aliphatic carbocycles. The fourth-order valence-electron chi connectivity index (χ4n) is 1.01. The van der Waals surface area contributed by atoms with Crippen LogP contribution in [0.2, 0.25) is 0 Å². The minimum absolute atomic E-state index is 0.592. The first kappa shape index (κ1) is 8.78. The molecule has 0 radical (unpaired) electrons. The highest BCUT2D eigenvalue weighted by Crippen LogP contribution is 2.19. The maximum Gasteiger partial charge on any atom is -0.000732 e. The van der Waals surface area contributed by atoms with Crippen LogP contribution in [0, 0.1) is 5.92 Å². The SMILES string of the molecule is CC1C=CC=C1C=C/C=C\I. The summed E-state index contributed by atoms with van der Waals surface area (Å²) in [4.78, 5) is 0. The molecule has 0 aromatic rings. The molecular weight excluding hydrogens is 247 g/mol.